The summed E-state index contributed by atoms with van der Waals surface area (Å²) in [6.07, 6.45) is 4.39. The molecule has 12 heteroatoms. The highest BCUT2D eigenvalue weighted by Crippen LogP contribution is 2.32. The lowest BCUT2D eigenvalue weighted by Gasteiger charge is -2.26. The van der Waals surface area contributed by atoms with E-state index in [1.165, 1.54) is 0 Å². The second kappa shape index (κ2) is 16.5. The van der Waals surface area contributed by atoms with Crippen molar-refractivity contribution < 1.29 is 41.2 Å². The minimum atomic E-state index is -4.05. The van der Waals surface area contributed by atoms with E-state index in [4.69, 9.17) is 23.7 Å². The fourth-order valence-electron chi connectivity index (χ4n) is 5.32. The van der Waals surface area contributed by atoms with E-state index in [2.05, 4.69) is 51.9 Å². The number of hydrogen-bond donors (Lipinski definition) is 1. The quantitative estimate of drug-likeness (QED) is 0.213. The molecule has 0 amide bonds. The molecule has 242 valence electrons. The zero-order valence-corrected chi connectivity index (χ0v) is 27.2. The van der Waals surface area contributed by atoms with E-state index in [0.29, 0.717) is 78.9 Å². The molecule has 1 fully saturated rings. The smallest absolute Gasteiger partial charge is 0.265 e. The van der Waals surface area contributed by atoms with Crippen molar-refractivity contribution in [1.82, 2.24) is 0 Å². The molecule has 2 heterocycles. The zero-order chi connectivity index (χ0) is 31.5. The molecule has 10 nitrogen and oxygen atoms in total. The Bertz CT molecular complexity index is 1670. The van der Waals surface area contributed by atoms with Crippen molar-refractivity contribution >= 4 is 60.3 Å². The van der Waals surface area contributed by atoms with Crippen molar-refractivity contribution in [3.63, 3.8) is 0 Å². The molecule has 1 saturated heterocycles. The highest BCUT2D eigenvalue weighted by molar-refractivity contribution is 7.85. The normalized spacial score (nSPS) is 16.6. The van der Waals surface area contributed by atoms with Gasteiger partial charge in [-0.15, -0.1) is 0 Å². The number of aryl methyl sites for hydroxylation is 1. The first-order valence-electron chi connectivity index (χ1n) is 15.1. The van der Waals surface area contributed by atoms with Gasteiger partial charge in [0.25, 0.3) is 15.1 Å². The third-order valence-electron chi connectivity index (χ3n) is 7.49. The second-order valence-electron chi connectivity index (χ2n) is 10.6. The van der Waals surface area contributed by atoms with Crippen LogP contribution < -0.4 is 14.2 Å². The summed E-state index contributed by atoms with van der Waals surface area (Å²) in [5.74, 6) is 0.447. The molecule has 4 aromatic rings. The van der Waals surface area contributed by atoms with Gasteiger partial charge in [-0.2, -0.15) is 13.0 Å². The summed E-state index contributed by atoms with van der Waals surface area (Å²) >= 11 is 1.65. The Balaban J connectivity index is 1.39. The Morgan fingerprint density at radius 2 is 1.56 bits per heavy atom. The lowest BCUT2D eigenvalue weighted by molar-refractivity contribution is -0.667. The summed E-state index contributed by atoms with van der Waals surface area (Å²) in [7, 11) is -2.38. The van der Waals surface area contributed by atoms with Crippen LogP contribution in [0.15, 0.2) is 54.6 Å². The van der Waals surface area contributed by atoms with Crippen LogP contribution in [0.3, 0.4) is 0 Å². The molecule has 1 aliphatic rings. The highest BCUT2D eigenvalue weighted by atomic mass is 32.2. The van der Waals surface area contributed by atoms with E-state index in [0.717, 1.165) is 43.0 Å². The van der Waals surface area contributed by atoms with E-state index in [9.17, 15) is 13.0 Å². The molecule has 3 aromatic carbocycles. The second-order valence-corrected chi connectivity index (χ2v) is 13.2. The number of anilines is 1. The fraction of sp³-hybridized carbons (Fsp3) is 0.424. The summed E-state index contributed by atoms with van der Waals surface area (Å²) in [5, 5.41) is 3.19. The van der Waals surface area contributed by atoms with Crippen LogP contribution in [-0.2, 0) is 35.6 Å². The third kappa shape index (κ3) is 9.46. The number of methoxy groups -OCH3 is 1. The molecule has 1 aromatic heterocycles. The van der Waals surface area contributed by atoms with Crippen LogP contribution in [0.4, 0.5) is 5.69 Å². The van der Waals surface area contributed by atoms with Crippen molar-refractivity contribution in [1.29, 1.82) is 0 Å². The van der Waals surface area contributed by atoms with Gasteiger partial charge in [-0.3, -0.25) is 4.55 Å². The zero-order valence-electron chi connectivity index (χ0n) is 25.6. The molecule has 0 radical (unpaired) electrons. The first-order chi connectivity index (χ1) is 21.9. The number of rotatable bonds is 8. The van der Waals surface area contributed by atoms with E-state index in [-0.39, 0.29) is 5.75 Å². The van der Waals surface area contributed by atoms with Crippen molar-refractivity contribution in [3.05, 3.63) is 65.2 Å². The third-order valence-corrected chi connectivity index (χ3v) is 9.41. The number of benzene rings is 3. The monoisotopic (exact) mass is 657 g/mol. The molecule has 5 rings (SSSR count). The molecule has 0 saturated carbocycles. The number of aromatic nitrogens is 1. The number of ether oxygens (including phenoxy) is 5. The first-order valence-corrected chi connectivity index (χ1v) is 17.6. The van der Waals surface area contributed by atoms with E-state index < -0.39 is 10.1 Å². The minimum Gasteiger partial charge on any atom is -0.495 e. The maximum atomic E-state index is 11.5. The molecule has 0 atom stereocenters. The molecule has 0 spiro atoms. The number of fused-ring (bicyclic) bond motifs is 3. The molecule has 0 aliphatic carbocycles. The molecule has 1 N–H and O–H groups in total. The molecule has 0 bridgehead atoms. The molecule has 45 heavy (non-hydrogen) atoms. The van der Waals surface area contributed by atoms with Crippen LogP contribution in [-0.4, -0.2) is 91.8 Å². The number of hydrogen-bond acceptors (Lipinski definition) is 9. The summed E-state index contributed by atoms with van der Waals surface area (Å²) in [5.41, 5.74) is 2.97. The van der Waals surface area contributed by atoms with Crippen molar-refractivity contribution in [2.75, 3.05) is 83.7 Å². The van der Waals surface area contributed by atoms with Gasteiger partial charge in [0.15, 0.2) is 6.54 Å². The lowest BCUT2D eigenvalue weighted by Crippen LogP contribution is -2.36. The van der Waals surface area contributed by atoms with Gasteiger partial charge >= 0.3 is 0 Å². The average Bonchev–Trinajstić information content (AvgIpc) is 3.39. The summed E-state index contributed by atoms with van der Waals surface area (Å²) in [6, 6.07) is 18.5. The Morgan fingerprint density at radius 3 is 2.22 bits per heavy atom. The number of thiazole rings is 1. The first kappa shape index (κ1) is 33.3. The molecule has 1 aliphatic heterocycles. The van der Waals surface area contributed by atoms with Crippen LogP contribution >= 0.6 is 11.3 Å². The van der Waals surface area contributed by atoms with Crippen molar-refractivity contribution in [2.45, 2.75) is 13.0 Å². The average molecular weight is 658 g/mol. The van der Waals surface area contributed by atoms with Gasteiger partial charge in [-0.05, 0) is 41.3 Å². The van der Waals surface area contributed by atoms with Gasteiger partial charge in [0.05, 0.1) is 76.8 Å². The predicted molar refractivity (Wildman–Crippen MR) is 178 cm³/mol. The Morgan fingerprint density at radius 1 is 0.889 bits per heavy atom. The maximum absolute atomic E-state index is 11.5. The standard InChI is InChI=1S/C33H40N2O8S2/c1-39-30-25-26(7-10-29(30)34-14-16-40-18-20-42-22-23-43-21-19-41-17-15-34)8-12-32-35(13-4-24-45(36,37)38)33-28-6-3-2-5-27(28)9-11-31(33)44-32/h2-3,5-12,25H,4,13-24H2,1H3/p+1. The topological polar surface area (TPSA) is 108 Å². The lowest BCUT2D eigenvalue weighted by atomic mass is 10.1. The fourth-order valence-corrected chi connectivity index (χ4v) is 6.92. The SMILES string of the molecule is COc1cc(/C=C/c2sc3ccc4ccccc4c3[n+]2CCCS(=O)(=O)O)ccc1N1CCOCCOCCOCCOCC1. The van der Waals surface area contributed by atoms with Crippen LogP contribution in [0, 0.1) is 0 Å². The molecular formula is C33H41N2O8S2+. The molecular weight excluding hydrogens is 617 g/mol. The number of nitrogens with zero attached hydrogens (tertiary/aromatic N) is 2. The van der Waals surface area contributed by atoms with Gasteiger partial charge in [0.2, 0.25) is 5.52 Å². The largest absolute Gasteiger partial charge is 0.495 e. The van der Waals surface area contributed by atoms with Gasteiger partial charge in [-0.25, -0.2) is 0 Å². The maximum Gasteiger partial charge on any atom is 0.265 e. The van der Waals surface area contributed by atoms with E-state index >= 15 is 0 Å². The van der Waals surface area contributed by atoms with Crippen LogP contribution in [0.5, 0.6) is 5.75 Å². The summed E-state index contributed by atoms with van der Waals surface area (Å²) in [4.78, 5) is 2.20. The van der Waals surface area contributed by atoms with Crippen LogP contribution in [0.2, 0.25) is 0 Å². The Labute approximate surface area is 268 Å². The van der Waals surface area contributed by atoms with Crippen LogP contribution in [0.25, 0.3) is 33.1 Å². The van der Waals surface area contributed by atoms with Gasteiger partial charge in [0.1, 0.15) is 10.4 Å². The predicted octanol–water partition coefficient (Wildman–Crippen LogP) is 4.69. The van der Waals surface area contributed by atoms with E-state index in [1.807, 2.05) is 24.3 Å². The minimum absolute atomic E-state index is 0.294. The van der Waals surface area contributed by atoms with Crippen molar-refractivity contribution in [2.24, 2.45) is 0 Å². The summed E-state index contributed by atoms with van der Waals surface area (Å²) < 4.78 is 64.1. The summed E-state index contributed by atoms with van der Waals surface area (Å²) in [6.45, 7) is 6.07. The Hall–Kier alpha value is -3.10. The van der Waals surface area contributed by atoms with Gasteiger partial charge in [-0.1, -0.05) is 41.7 Å². The van der Waals surface area contributed by atoms with Gasteiger partial charge in [0, 0.05) is 25.6 Å². The Kier molecular flexibility index (Phi) is 12.2. The highest BCUT2D eigenvalue weighted by Gasteiger charge is 2.22. The van der Waals surface area contributed by atoms with E-state index in [1.54, 1.807) is 18.4 Å². The van der Waals surface area contributed by atoms with Crippen molar-refractivity contribution in [3.8, 4) is 5.75 Å². The van der Waals surface area contributed by atoms with Crippen LogP contribution in [0.1, 0.15) is 17.0 Å². The molecule has 0 unspecified atom stereocenters. The van der Waals surface area contributed by atoms with Gasteiger partial charge < -0.3 is 28.6 Å².